The molecule has 0 saturated carbocycles. The largest absolute Gasteiger partial charge is 0.319 e. The van der Waals surface area contributed by atoms with Gasteiger partial charge in [-0.2, -0.15) is 0 Å². The van der Waals surface area contributed by atoms with E-state index in [4.69, 9.17) is 0 Å². The molecule has 2 heterocycles. The third-order valence-corrected chi connectivity index (χ3v) is 3.71. The SMILES string of the molecule is CNCC1CCCN(C(C)c2ccccn2)C1. The lowest BCUT2D eigenvalue weighted by Gasteiger charge is -2.36. The molecule has 1 aliphatic heterocycles. The van der Waals surface area contributed by atoms with Crippen molar-refractivity contribution in [3.63, 3.8) is 0 Å². The van der Waals surface area contributed by atoms with Gasteiger partial charge < -0.3 is 5.32 Å². The second-order valence-electron chi connectivity index (χ2n) is 4.99. The molecule has 0 aromatic carbocycles. The lowest BCUT2D eigenvalue weighted by Crippen LogP contribution is -2.40. The van der Waals surface area contributed by atoms with Crippen LogP contribution in [0.3, 0.4) is 0 Å². The van der Waals surface area contributed by atoms with Crippen molar-refractivity contribution in [2.45, 2.75) is 25.8 Å². The molecule has 2 rings (SSSR count). The first-order valence-corrected chi connectivity index (χ1v) is 6.61. The van der Waals surface area contributed by atoms with E-state index in [1.165, 1.54) is 31.6 Å². The topological polar surface area (TPSA) is 28.2 Å². The molecular formula is C14H23N3. The minimum Gasteiger partial charge on any atom is -0.319 e. The first kappa shape index (κ1) is 12.5. The Morgan fingerprint density at radius 3 is 3.12 bits per heavy atom. The van der Waals surface area contributed by atoms with Gasteiger partial charge in [-0.3, -0.25) is 9.88 Å². The van der Waals surface area contributed by atoms with Crippen LogP contribution in [0.15, 0.2) is 24.4 Å². The van der Waals surface area contributed by atoms with Gasteiger partial charge in [0.15, 0.2) is 0 Å². The molecule has 1 aliphatic rings. The van der Waals surface area contributed by atoms with Crippen molar-refractivity contribution in [2.24, 2.45) is 5.92 Å². The summed E-state index contributed by atoms with van der Waals surface area (Å²) in [5, 5.41) is 3.29. The molecule has 1 aromatic rings. The second-order valence-corrected chi connectivity index (χ2v) is 4.99. The Bertz CT molecular complexity index is 323. The minimum atomic E-state index is 0.441. The van der Waals surface area contributed by atoms with Crippen LogP contribution in [0.4, 0.5) is 0 Å². The molecule has 1 fully saturated rings. The lowest BCUT2D eigenvalue weighted by molar-refractivity contribution is 0.129. The van der Waals surface area contributed by atoms with Gasteiger partial charge in [-0.25, -0.2) is 0 Å². The average Bonchev–Trinajstić information content (AvgIpc) is 2.40. The van der Waals surface area contributed by atoms with Crippen LogP contribution < -0.4 is 5.32 Å². The fourth-order valence-corrected chi connectivity index (χ4v) is 2.71. The maximum Gasteiger partial charge on any atom is 0.0572 e. The monoisotopic (exact) mass is 233 g/mol. The van der Waals surface area contributed by atoms with Crippen LogP contribution in [0.2, 0.25) is 0 Å². The predicted octanol–water partition coefficient (Wildman–Crippen LogP) is 2.07. The standard InChI is InChI=1S/C14H23N3/c1-12(14-7-3-4-8-16-14)17-9-5-6-13(11-17)10-15-2/h3-4,7-8,12-13,15H,5-6,9-11H2,1-2H3. The van der Waals surface area contributed by atoms with E-state index in [-0.39, 0.29) is 0 Å². The Labute approximate surface area is 104 Å². The van der Waals surface area contributed by atoms with Crippen LogP contribution >= 0.6 is 0 Å². The predicted molar refractivity (Wildman–Crippen MR) is 70.9 cm³/mol. The van der Waals surface area contributed by atoms with Crippen molar-refractivity contribution in [3.05, 3.63) is 30.1 Å². The minimum absolute atomic E-state index is 0.441. The number of nitrogens with one attached hydrogen (secondary N) is 1. The van der Waals surface area contributed by atoms with Gasteiger partial charge in [0.1, 0.15) is 0 Å². The van der Waals surface area contributed by atoms with E-state index in [9.17, 15) is 0 Å². The van der Waals surface area contributed by atoms with E-state index in [0.29, 0.717) is 6.04 Å². The molecule has 0 bridgehead atoms. The molecule has 3 nitrogen and oxygen atoms in total. The fourth-order valence-electron chi connectivity index (χ4n) is 2.71. The Balaban J connectivity index is 1.97. The molecule has 17 heavy (non-hydrogen) atoms. The van der Waals surface area contributed by atoms with Gasteiger partial charge in [-0.1, -0.05) is 6.07 Å². The molecule has 0 amide bonds. The number of rotatable bonds is 4. The maximum absolute atomic E-state index is 4.47. The van der Waals surface area contributed by atoms with Gasteiger partial charge in [0, 0.05) is 18.8 Å². The van der Waals surface area contributed by atoms with Crippen molar-refractivity contribution < 1.29 is 0 Å². The van der Waals surface area contributed by atoms with Gasteiger partial charge >= 0.3 is 0 Å². The molecule has 1 aromatic heterocycles. The zero-order valence-corrected chi connectivity index (χ0v) is 10.9. The third kappa shape index (κ3) is 3.27. The summed E-state index contributed by atoms with van der Waals surface area (Å²) < 4.78 is 0. The molecule has 0 radical (unpaired) electrons. The zero-order chi connectivity index (χ0) is 12.1. The first-order valence-electron chi connectivity index (χ1n) is 6.61. The highest BCUT2D eigenvalue weighted by atomic mass is 15.2. The second kappa shape index (κ2) is 6.12. The molecule has 1 saturated heterocycles. The summed E-state index contributed by atoms with van der Waals surface area (Å²) >= 11 is 0. The number of nitrogens with zero attached hydrogens (tertiary/aromatic N) is 2. The highest BCUT2D eigenvalue weighted by Gasteiger charge is 2.24. The molecule has 1 N–H and O–H groups in total. The molecule has 2 atom stereocenters. The zero-order valence-electron chi connectivity index (χ0n) is 10.9. The number of likely N-dealkylation sites (tertiary alicyclic amines) is 1. The summed E-state index contributed by atoms with van der Waals surface area (Å²) in [6.45, 7) is 5.80. The summed E-state index contributed by atoms with van der Waals surface area (Å²) in [6, 6.07) is 6.63. The Morgan fingerprint density at radius 2 is 2.41 bits per heavy atom. The van der Waals surface area contributed by atoms with Crippen LogP contribution in [0.1, 0.15) is 31.5 Å². The number of piperidine rings is 1. The summed E-state index contributed by atoms with van der Waals surface area (Å²) in [4.78, 5) is 7.03. The summed E-state index contributed by atoms with van der Waals surface area (Å²) in [5.74, 6) is 0.792. The fraction of sp³-hybridized carbons (Fsp3) is 0.643. The van der Waals surface area contributed by atoms with Crippen molar-refractivity contribution >= 4 is 0 Å². The number of pyridine rings is 1. The molecule has 0 aliphatic carbocycles. The van der Waals surface area contributed by atoms with Gasteiger partial charge in [0.05, 0.1) is 5.69 Å². The molecular weight excluding hydrogens is 210 g/mol. The summed E-state index contributed by atoms with van der Waals surface area (Å²) in [6.07, 6.45) is 4.55. The van der Waals surface area contributed by atoms with Crippen molar-refractivity contribution in [2.75, 3.05) is 26.7 Å². The van der Waals surface area contributed by atoms with Crippen LogP contribution in [-0.2, 0) is 0 Å². The first-order chi connectivity index (χ1) is 8.31. The van der Waals surface area contributed by atoms with Crippen LogP contribution in [-0.4, -0.2) is 36.6 Å². The van der Waals surface area contributed by atoms with Gasteiger partial charge in [0.25, 0.3) is 0 Å². The summed E-state index contributed by atoms with van der Waals surface area (Å²) in [5.41, 5.74) is 1.19. The molecule has 2 unspecified atom stereocenters. The Hall–Kier alpha value is -0.930. The average molecular weight is 233 g/mol. The van der Waals surface area contributed by atoms with E-state index in [0.717, 1.165) is 12.5 Å². The highest BCUT2D eigenvalue weighted by Crippen LogP contribution is 2.24. The van der Waals surface area contributed by atoms with E-state index < -0.39 is 0 Å². The maximum atomic E-state index is 4.47. The molecule has 3 heteroatoms. The van der Waals surface area contributed by atoms with Gasteiger partial charge in [-0.05, 0) is 58.0 Å². The Kier molecular flexibility index (Phi) is 4.51. The van der Waals surface area contributed by atoms with E-state index in [1.54, 1.807) is 0 Å². The van der Waals surface area contributed by atoms with E-state index in [1.807, 2.05) is 19.3 Å². The Morgan fingerprint density at radius 1 is 1.53 bits per heavy atom. The number of aromatic nitrogens is 1. The van der Waals surface area contributed by atoms with Gasteiger partial charge in [0.2, 0.25) is 0 Å². The lowest BCUT2D eigenvalue weighted by atomic mass is 9.96. The van der Waals surface area contributed by atoms with Crippen LogP contribution in [0, 0.1) is 5.92 Å². The van der Waals surface area contributed by atoms with Crippen molar-refractivity contribution in [1.82, 2.24) is 15.2 Å². The van der Waals surface area contributed by atoms with E-state index in [2.05, 4.69) is 34.3 Å². The quantitative estimate of drug-likeness (QED) is 0.863. The number of hydrogen-bond donors (Lipinski definition) is 1. The van der Waals surface area contributed by atoms with Crippen LogP contribution in [0.25, 0.3) is 0 Å². The van der Waals surface area contributed by atoms with Crippen molar-refractivity contribution in [1.29, 1.82) is 0 Å². The highest BCUT2D eigenvalue weighted by molar-refractivity contribution is 5.08. The normalized spacial score (nSPS) is 23.5. The van der Waals surface area contributed by atoms with Crippen molar-refractivity contribution in [3.8, 4) is 0 Å². The van der Waals surface area contributed by atoms with Gasteiger partial charge in [-0.15, -0.1) is 0 Å². The molecule has 0 spiro atoms. The smallest absolute Gasteiger partial charge is 0.0572 e. The van der Waals surface area contributed by atoms with E-state index >= 15 is 0 Å². The van der Waals surface area contributed by atoms with Crippen LogP contribution in [0.5, 0.6) is 0 Å². The summed E-state index contributed by atoms with van der Waals surface area (Å²) in [7, 11) is 2.04. The number of hydrogen-bond acceptors (Lipinski definition) is 3. The molecule has 94 valence electrons. The third-order valence-electron chi connectivity index (χ3n) is 3.71.